The quantitative estimate of drug-likeness (QED) is 0.300. The predicted molar refractivity (Wildman–Crippen MR) is 20.8 cm³/mol. The van der Waals surface area contributed by atoms with E-state index in [1.54, 1.807) is 0 Å². The fraction of sp³-hybridized carbons (Fsp3) is 1.00. The average Bonchev–Trinajstić information content (AvgIpc) is 0.918. The Balaban J connectivity index is -0.0000000200. The molecule has 22 valence electrons. The first kappa shape index (κ1) is 9.24. The van der Waals surface area contributed by atoms with Crippen molar-refractivity contribution in [3.8, 4) is 0 Å². The Hall–Kier alpha value is 1.77. The van der Waals surface area contributed by atoms with Gasteiger partial charge in [-0.15, -0.1) is 11.6 Å². The summed E-state index contributed by atoms with van der Waals surface area (Å²) in [5.41, 5.74) is 0. The van der Waals surface area contributed by atoms with Gasteiger partial charge in [0.05, 0.1) is 4.79 Å². The van der Waals surface area contributed by atoms with E-state index in [4.69, 9.17) is 11.6 Å². The molecule has 0 heterocycles. The number of hydrogen-bond donors (Lipinski definition) is 0. The maximum Gasteiger partial charge on any atom is 1.00 e. The van der Waals surface area contributed by atoms with Crippen molar-refractivity contribution in [3.63, 3.8) is 0 Å². The number of rotatable bonds is 0. The molecule has 0 aliphatic heterocycles. The van der Waals surface area contributed by atoms with Gasteiger partial charge >= 0.3 is 29.6 Å². The van der Waals surface area contributed by atoms with Crippen molar-refractivity contribution >= 4 is 27.5 Å². The minimum atomic E-state index is 0. The van der Waals surface area contributed by atoms with Crippen LogP contribution in [0.3, 0.4) is 0 Å². The van der Waals surface area contributed by atoms with Crippen molar-refractivity contribution in [2.75, 3.05) is 4.79 Å². The van der Waals surface area contributed by atoms with Crippen molar-refractivity contribution in [2.45, 2.75) is 0 Å². The molecule has 0 aliphatic rings. The van der Waals surface area contributed by atoms with Crippen molar-refractivity contribution in [3.05, 3.63) is 0 Å². The van der Waals surface area contributed by atoms with Crippen LogP contribution in [0.4, 0.5) is 0 Å². The summed E-state index contributed by atoms with van der Waals surface area (Å²) in [6, 6.07) is 0. The molecule has 0 aromatic rings. The van der Waals surface area contributed by atoms with Crippen LogP contribution in [-0.4, -0.2) is 4.79 Å². The average molecular weight is 153 g/mol. The molecule has 0 N–H and O–H groups in total. The van der Waals surface area contributed by atoms with Crippen LogP contribution in [0.15, 0.2) is 0 Å². The van der Waals surface area contributed by atoms with Gasteiger partial charge in [0.25, 0.3) is 0 Å². The number of alkyl halides is 2. The summed E-state index contributed by atoms with van der Waals surface area (Å²) >= 11 is 7.83. The van der Waals surface area contributed by atoms with Gasteiger partial charge in [0.15, 0.2) is 0 Å². The molecule has 0 rings (SSSR count). The molecular weight excluding hydrogens is 150 g/mol. The molecule has 0 aromatic carbocycles. The monoisotopic (exact) mass is 152 g/mol. The molecule has 0 bridgehead atoms. The summed E-state index contributed by atoms with van der Waals surface area (Å²) in [5.74, 6) is 0. The minimum absolute atomic E-state index is 0. The van der Waals surface area contributed by atoms with Gasteiger partial charge in [-0.25, -0.2) is 0 Å². The Morgan fingerprint density at radius 3 is 2.00 bits per heavy atom. The summed E-state index contributed by atoms with van der Waals surface area (Å²) < 4.78 is 0. The van der Waals surface area contributed by atoms with Crippen molar-refractivity contribution in [2.24, 2.45) is 0 Å². The molecule has 0 atom stereocenters. The van der Waals surface area contributed by atoms with E-state index in [1.165, 1.54) is 0 Å². The topological polar surface area (TPSA) is 0 Å². The van der Waals surface area contributed by atoms with Crippen LogP contribution in [0.5, 0.6) is 0 Å². The van der Waals surface area contributed by atoms with E-state index in [0.29, 0.717) is 4.79 Å². The van der Waals surface area contributed by atoms with E-state index in [1.807, 2.05) is 0 Å². The first-order valence-electron chi connectivity index (χ1n) is 0.535. The van der Waals surface area contributed by atoms with E-state index < -0.39 is 0 Å². The van der Waals surface area contributed by atoms with Crippen molar-refractivity contribution in [1.29, 1.82) is 0 Å². The summed E-state index contributed by atoms with van der Waals surface area (Å²) in [5, 5.41) is 0. The molecule has 0 radical (unpaired) electrons. The first-order chi connectivity index (χ1) is 1.41. The molecular formula is CH3BrClNa. The minimum Gasteiger partial charge on any atom is -1.00 e. The molecule has 4 heavy (non-hydrogen) atoms. The van der Waals surface area contributed by atoms with E-state index in [0.717, 1.165) is 0 Å². The fourth-order valence-electron chi connectivity index (χ4n) is 0. The van der Waals surface area contributed by atoms with E-state index in [9.17, 15) is 0 Å². The van der Waals surface area contributed by atoms with Gasteiger partial charge in [-0.05, 0) is 0 Å². The van der Waals surface area contributed by atoms with Gasteiger partial charge in [-0.2, -0.15) is 0 Å². The smallest absolute Gasteiger partial charge is 1.00 e. The van der Waals surface area contributed by atoms with Crippen molar-refractivity contribution < 1.29 is 31.0 Å². The van der Waals surface area contributed by atoms with Gasteiger partial charge in [0.2, 0.25) is 0 Å². The Morgan fingerprint density at radius 1 is 2.00 bits per heavy atom. The molecule has 0 fully saturated rings. The second-order valence-electron chi connectivity index (χ2n) is 0.101. The van der Waals surface area contributed by atoms with Gasteiger partial charge in [0, 0.05) is 0 Å². The van der Waals surface area contributed by atoms with Gasteiger partial charge in [0.1, 0.15) is 0 Å². The second-order valence-corrected chi connectivity index (χ2v) is 1.57. The molecule has 0 unspecified atom stereocenters. The predicted octanol–water partition coefficient (Wildman–Crippen LogP) is -1.31. The second kappa shape index (κ2) is 8.84. The zero-order valence-corrected chi connectivity index (χ0v) is 6.80. The van der Waals surface area contributed by atoms with Crippen LogP contribution < -0.4 is 29.6 Å². The molecule has 0 aromatic heterocycles. The van der Waals surface area contributed by atoms with Crippen LogP contribution in [0.1, 0.15) is 1.43 Å². The molecule has 0 saturated carbocycles. The Kier molecular flexibility index (Phi) is 20.4. The van der Waals surface area contributed by atoms with Gasteiger partial charge < -0.3 is 1.43 Å². The molecule has 0 amide bonds. The van der Waals surface area contributed by atoms with Gasteiger partial charge in [-0.1, -0.05) is 15.9 Å². The van der Waals surface area contributed by atoms with Crippen LogP contribution >= 0.6 is 27.5 Å². The van der Waals surface area contributed by atoms with Crippen molar-refractivity contribution in [1.82, 2.24) is 0 Å². The van der Waals surface area contributed by atoms with Crippen LogP contribution in [0.25, 0.3) is 0 Å². The van der Waals surface area contributed by atoms with Gasteiger partial charge in [-0.3, -0.25) is 0 Å². The van der Waals surface area contributed by atoms with E-state index in [2.05, 4.69) is 15.9 Å². The summed E-state index contributed by atoms with van der Waals surface area (Å²) in [6.07, 6.45) is 0. The Morgan fingerprint density at radius 2 is 2.00 bits per heavy atom. The third-order valence-electron chi connectivity index (χ3n) is 0. The van der Waals surface area contributed by atoms with Crippen LogP contribution in [0, 0.1) is 0 Å². The van der Waals surface area contributed by atoms with Crippen LogP contribution in [0.2, 0.25) is 0 Å². The molecule has 0 spiro atoms. The number of halogens is 2. The summed E-state index contributed by atoms with van der Waals surface area (Å²) in [6.45, 7) is 0. The summed E-state index contributed by atoms with van der Waals surface area (Å²) in [4.78, 5) is 0.535. The normalized spacial score (nSPS) is 4.50. The van der Waals surface area contributed by atoms with E-state index in [-0.39, 0.29) is 31.0 Å². The molecule has 0 aliphatic carbocycles. The summed E-state index contributed by atoms with van der Waals surface area (Å²) in [7, 11) is 0. The SMILES string of the molecule is ClCBr.[H-].[Na+]. The zero-order chi connectivity index (χ0) is 2.71. The third kappa shape index (κ3) is 9.23. The fourth-order valence-corrected chi connectivity index (χ4v) is 0. The number of hydrogen-bond acceptors (Lipinski definition) is 0. The maximum atomic E-state index is 4.92. The van der Waals surface area contributed by atoms with Crippen LogP contribution in [-0.2, 0) is 0 Å². The standard InChI is InChI=1S/CH2BrCl.Na.H/c2-1-3;;/h1H2;;/q;+1;-1. The maximum absolute atomic E-state index is 4.92. The first-order valence-corrected chi connectivity index (χ1v) is 2.19. The molecule has 3 heteroatoms. The third-order valence-corrected chi connectivity index (χ3v) is 0. The largest absolute Gasteiger partial charge is 1.00 e. The Labute approximate surface area is 62.8 Å². The molecule has 0 saturated heterocycles. The molecule has 0 nitrogen and oxygen atoms in total. The Bertz CT molecular complexity index is 11.6. The van der Waals surface area contributed by atoms with E-state index >= 15 is 0 Å². The zero-order valence-electron chi connectivity index (χ0n) is 3.46.